The fraction of sp³-hybridized carbons (Fsp3) is 0.0714. The van der Waals surface area contributed by atoms with Crippen molar-refractivity contribution < 1.29 is 4.42 Å². The number of hydrogen-bond acceptors (Lipinski definition) is 5. The SMILES string of the molecule is O=c1oc2ccccc2n1Cc1nc(Cl)c2ccsc2n1. The van der Waals surface area contributed by atoms with Crippen molar-refractivity contribution in [2.45, 2.75) is 6.54 Å². The molecule has 21 heavy (non-hydrogen) atoms. The molecule has 0 saturated carbocycles. The Morgan fingerprint density at radius 3 is 3.00 bits per heavy atom. The maximum Gasteiger partial charge on any atom is 0.420 e. The predicted octanol–water partition coefficient (Wildman–Crippen LogP) is 3.30. The molecule has 0 amide bonds. The van der Waals surface area contributed by atoms with Gasteiger partial charge in [-0.05, 0) is 23.6 Å². The number of rotatable bonds is 2. The van der Waals surface area contributed by atoms with E-state index in [1.165, 1.54) is 15.9 Å². The molecule has 0 aliphatic rings. The van der Waals surface area contributed by atoms with Gasteiger partial charge in [0.1, 0.15) is 9.98 Å². The molecule has 0 bridgehead atoms. The van der Waals surface area contributed by atoms with Crippen LogP contribution in [0.4, 0.5) is 0 Å². The van der Waals surface area contributed by atoms with Crippen molar-refractivity contribution in [1.82, 2.24) is 14.5 Å². The molecule has 0 spiro atoms. The summed E-state index contributed by atoms with van der Waals surface area (Å²) >= 11 is 7.64. The molecule has 0 aliphatic carbocycles. The average Bonchev–Trinajstić information content (AvgIpc) is 3.05. The second kappa shape index (κ2) is 4.68. The number of para-hydroxylation sites is 2. The lowest BCUT2D eigenvalue weighted by Gasteiger charge is -2.02. The average molecular weight is 318 g/mol. The van der Waals surface area contributed by atoms with Crippen LogP contribution in [0.15, 0.2) is 44.9 Å². The van der Waals surface area contributed by atoms with Gasteiger partial charge in [-0.15, -0.1) is 11.3 Å². The molecule has 0 unspecified atom stereocenters. The minimum atomic E-state index is -0.429. The summed E-state index contributed by atoms with van der Waals surface area (Å²) in [7, 11) is 0. The Kier molecular flexibility index (Phi) is 2.80. The Bertz CT molecular complexity index is 1020. The Labute approximate surface area is 127 Å². The predicted molar refractivity (Wildman–Crippen MR) is 82.0 cm³/mol. The molecular formula is C14H8ClN3O2S. The molecule has 0 saturated heterocycles. The fourth-order valence-corrected chi connectivity index (χ4v) is 3.33. The summed E-state index contributed by atoms with van der Waals surface area (Å²) in [5, 5.41) is 3.14. The minimum Gasteiger partial charge on any atom is -0.408 e. The summed E-state index contributed by atoms with van der Waals surface area (Å²) in [6.45, 7) is 0.226. The molecule has 104 valence electrons. The van der Waals surface area contributed by atoms with Gasteiger partial charge in [-0.1, -0.05) is 23.7 Å². The summed E-state index contributed by atoms with van der Waals surface area (Å²) in [5.41, 5.74) is 1.26. The van der Waals surface area contributed by atoms with Gasteiger partial charge in [-0.3, -0.25) is 4.57 Å². The zero-order chi connectivity index (χ0) is 14.4. The number of halogens is 1. The Balaban J connectivity index is 1.86. The highest BCUT2D eigenvalue weighted by Crippen LogP contribution is 2.25. The molecule has 0 aliphatic heterocycles. The lowest BCUT2D eigenvalue weighted by molar-refractivity contribution is 0.514. The minimum absolute atomic E-state index is 0.226. The topological polar surface area (TPSA) is 60.9 Å². The molecular weight excluding hydrogens is 310 g/mol. The van der Waals surface area contributed by atoms with Crippen molar-refractivity contribution in [2.24, 2.45) is 0 Å². The van der Waals surface area contributed by atoms with Crippen LogP contribution >= 0.6 is 22.9 Å². The van der Waals surface area contributed by atoms with Crippen LogP contribution in [0, 0.1) is 0 Å². The van der Waals surface area contributed by atoms with Gasteiger partial charge in [0.2, 0.25) is 0 Å². The lowest BCUT2D eigenvalue weighted by Crippen LogP contribution is -2.16. The van der Waals surface area contributed by atoms with Crippen LogP contribution in [0.1, 0.15) is 5.82 Å². The second-order valence-electron chi connectivity index (χ2n) is 4.49. The van der Waals surface area contributed by atoms with Gasteiger partial charge in [0.15, 0.2) is 11.4 Å². The third-order valence-corrected chi connectivity index (χ3v) is 4.29. The summed E-state index contributed by atoms with van der Waals surface area (Å²) in [5.74, 6) is 0.0609. The van der Waals surface area contributed by atoms with Crippen LogP contribution < -0.4 is 5.76 Å². The molecule has 1 aromatic carbocycles. The maximum absolute atomic E-state index is 12.0. The first-order valence-electron chi connectivity index (χ1n) is 6.20. The van der Waals surface area contributed by atoms with E-state index in [-0.39, 0.29) is 6.54 Å². The molecule has 0 N–H and O–H groups in total. The van der Waals surface area contributed by atoms with E-state index in [4.69, 9.17) is 16.0 Å². The summed E-state index contributed by atoms with van der Waals surface area (Å²) in [6.07, 6.45) is 0. The van der Waals surface area contributed by atoms with E-state index in [0.29, 0.717) is 22.1 Å². The van der Waals surface area contributed by atoms with E-state index >= 15 is 0 Å². The van der Waals surface area contributed by atoms with Crippen molar-refractivity contribution in [1.29, 1.82) is 0 Å². The number of benzene rings is 1. The first-order chi connectivity index (χ1) is 10.2. The largest absolute Gasteiger partial charge is 0.420 e. The molecule has 0 fully saturated rings. The highest BCUT2D eigenvalue weighted by Gasteiger charge is 2.12. The maximum atomic E-state index is 12.0. The Hall–Kier alpha value is -2.18. The van der Waals surface area contributed by atoms with Crippen LogP contribution in [-0.4, -0.2) is 14.5 Å². The molecule has 4 aromatic rings. The van der Waals surface area contributed by atoms with Gasteiger partial charge < -0.3 is 4.42 Å². The van der Waals surface area contributed by atoms with Gasteiger partial charge >= 0.3 is 5.76 Å². The highest BCUT2D eigenvalue weighted by atomic mass is 35.5. The quantitative estimate of drug-likeness (QED) is 0.532. The van der Waals surface area contributed by atoms with Crippen LogP contribution in [-0.2, 0) is 6.54 Å². The number of fused-ring (bicyclic) bond motifs is 2. The summed E-state index contributed by atoms with van der Waals surface area (Å²) < 4.78 is 6.70. The van der Waals surface area contributed by atoms with E-state index in [9.17, 15) is 4.79 Å². The van der Waals surface area contributed by atoms with Crippen molar-refractivity contribution >= 4 is 44.3 Å². The zero-order valence-corrected chi connectivity index (χ0v) is 12.2. The third kappa shape index (κ3) is 2.03. The first-order valence-corrected chi connectivity index (χ1v) is 7.46. The fourth-order valence-electron chi connectivity index (χ4n) is 2.24. The standard InChI is InChI=1S/C14H8ClN3O2S/c15-12-8-5-6-21-13(8)17-11(16-12)7-18-9-3-1-2-4-10(9)20-14(18)19/h1-6H,7H2. The van der Waals surface area contributed by atoms with Crippen molar-refractivity contribution in [3.63, 3.8) is 0 Å². The smallest absolute Gasteiger partial charge is 0.408 e. The van der Waals surface area contributed by atoms with Crippen molar-refractivity contribution in [2.75, 3.05) is 0 Å². The van der Waals surface area contributed by atoms with Crippen LogP contribution in [0.5, 0.6) is 0 Å². The zero-order valence-electron chi connectivity index (χ0n) is 10.6. The first kappa shape index (κ1) is 12.6. The van der Waals surface area contributed by atoms with Crippen molar-refractivity contribution in [3.8, 4) is 0 Å². The molecule has 3 heterocycles. The van der Waals surface area contributed by atoms with Gasteiger partial charge in [0.05, 0.1) is 12.1 Å². The number of nitrogens with zero attached hydrogens (tertiary/aromatic N) is 3. The highest BCUT2D eigenvalue weighted by molar-refractivity contribution is 7.16. The van der Waals surface area contributed by atoms with E-state index < -0.39 is 5.76 Å². The summed E-state index contributed by atoms with van der Waals surface area (Å²) in [4.78, 5) is 21.5. The van der Waals surface area contributed by atoms with Gasteiger partial charge in [-0.25, -0.2) is 14.8 Å². The summed E-state index contributed by atoms with van der Waals surface area (Å²) in [6, 6.07) is 9.13. The molecule has 7 heteroatoms. The normalized spacial score (nSPS) is 11.5. The lowest BCUT2D eigenvalue weighted by atomic mass is 10.3. The van der Waals surface area contributed by atoms with Gasteiger partial charge in [0.25, 0.3) is 0 Å². The Morgan fingerprint density at radius 1 is 1.24 bits per heavy atom. The molecule has 0 atom stereocenters. The van der Waals surface area contributed by atoms with E-state index in [2.05, 4.69) is 9.97 Å². The number of hydrogen-bond donors (Lipinski definition) is 0. The van der Waals surface area contributed by atoms with Crippen LogP contribution in [0.25, 0.3) is 21.3 Å². The van der Waals surface area contributed by atoms with Gasteiger partial charge in [-0.2, -0.15) is 0 Å². The number of aromatic nitrogens is 3. The van der Waals surface area contributed by atoms with Gasteiger partial charge in [0, 0.05) is 5.39 Å². The van der Waals surface area contributed by atoms with Crippen LogP contribution in [0.3, 0.4) is 0 Å². The van der Waals surface area contributed by atoms with Crippen LogP contribution in [0.2, 0.25) is 5.15 Å². The number of thiophene rings is 1. The van der Waals surface area contributed by atoms with E-state index in [0.717, 1.165) is 10.2 Å². The molecule has 5 nitrogen and oxygen atoms in total. The third-order valence-electron chi connectivity index (χ3n) is 3.20. The van der Waals surface area contributed by atoms with Crippen molar-refractivity contribution in [3.05, 3.63) is 57.2 Å². The van der Waals surface area contributed by atoms with E-state index in [1.807, 2.05) is 29.6 Å². The molecule has 4 rings (SSSR count). The van der Waals surface area contributed by atoms with E-state index in [1.54, 1.807) is 6.07 Å². The molecule has 0 radical (unpaired) electrons. The second-order valence-corrected chi connectivity index (χ2v) is 5.74. The monoisotopic (exact) mass is 317 g/mol. The Morgan fingerprint density at radius 2 is 2.10 bits per heavy atom. The number of oxazole rings is 1. The molecule has 3 aromatic heterocycles.